The number of hydrogen-bond donors (Lipinski definition) is 1. The molecule has 9 heteroatoms. The summed E-state index contributed by atoms with van der Waals surface area (Å²) >= 11 is 0. The molecule has 7 nitrogen and oxygen atoms in total. The van der Waals surface area contributed by atoms with Crippen molar-refractivity contribution in [1.29, 1.82) is 0 Å². The Morgan fingerprint density at radius 3 is 2.26 bits per heavy atom. The summed E-state index contributed by atoms with van der Waals surface area (Å²) < 4.78 is 40.7. The number of hydrogen-bond acceptors (Lipinski definition) is 5. The summed E-state index contributed by atoms with van der Waals surface area (Å²) in [6.45, 7) is 1.29. The average Bonchev–Trinajstić information content (AvgIpc) is 3.03. The lowest BCUT2D eigenvalue weighted by Crippen LogP contribution is -2.50. The molecule has 1 atom stereocenters. The van der Waals surface area contributed by atoms with Gasteiger partial charge in [0.25, 0.3) is 0 Å². The highest BCUT2D eigenvalue weighted by Gasteiger charge is 2.42. The third-order valence-corrected chi connectivity index (χ3v) is 7.36. The van der Waals surface area contributed by atoms with Gasteiger partial charge in [-0.15, -0.1) is 0 Å². The van der Waals surface area contributed by atoms with Crippen molar-refractivity contribution in [2.75, 3.05) is 13.1 Å². The summed E-state index contributed by atoms with van der Waals surface area (Å²) in [7, 11) is -3.74. The number of rotatable bonds is 6. The zero-order valence-electron chi connectivity index (χ0n) is 16.9. The van der Waals surface area contributed by atoms with Crippen LogP contribution in [0.25, 0.3) is 0 Å². The van der Waals surface area contributed by atoms with E-state index in [1.54, 1.807) is 0 Å². The number of carbonyl (C=O) groups excluding carboxylic acids is 2. The highest BCUT2D eigenvalue weighted by atomic mass is 32.2. The Balaban J connectivity index is 1.34. The monoisotopic (exact) mass is 445 g/mol. The molecule has 0 unspecified atom stereocenters. The number of piperidine rings is 1. The van der Waals surface area contributed by atoms with Gasteiger partial charge in [-0.05, 0) is 42.7 Å². The number of imide groups is 1. The summed E-state index contributed by atoms with van der Waals surface area (Å²) in [5.41, 5.74) is 0.902. The van der Waals surface area contributed by atoms with Gasteiger partial charge < -0.3 is 0 Å². The fourth-order valence-electron chi connectivity index (χ4n) is 4.11. The van der Waals surface area contributed by atoms with Crippen molar-refractivity contribution in [2.24, 2.45) is 0 Å². The number of amides is 2. The largest absolute Gasteiger partial charge is 0.291 e. The SMILES string of the molecule is O=C1C[C@H](N2CCC(NS(=O)(=O)c3ccc(F)cc3)CC2)C(=O)N1Cc1ccccc1. The van der Waals surface area contributed by atoms with Gasteiger partial charge in [-0.1, -0.05) is 30.3 Å². The van der Waals surface area contributed by atoms with Gasteiger partial charge in [-0.25, -0.2) is 17.5 Å². The summed E-state index contributed by atoms with van der Waals surface area (Å²) in [4.78, 5) is 28.6. The number of halogens is 1. The minimum absolute atomic E-state index is 0.0180. The van der Waals surface area contributed by atoms with E-state index in [1.165, 1.54) is 17.0 Å². The fraction of sp³-hybridized carbons (Fsp3) is 0.364. The number of sulfonamides is 1. The second kappa shape index (κ2) is 8.86. The highest BCUT2D eigenvalue weighted by molar-refractivity contribution is 7.89. The number of nitrogens with zero attached hydrogens (tertiary/aromatic N) is 2. The van der Waals surface area contributed by atoms with E-state index in [1.807, 2.05) is 35.2 Å². The lowest BCUT2D eigenvalue weighted by Gasteiger charge is -2.34. The summed E-state index contributed by atoms with van der Waals surface area (Å²) in [5.74, 6) is -0.874. The molecule has 2 aliphatic heterocycles. The number of benzene rings is 2. The molecule has 2 aromatic rings. The van der Waals surface area contributed by atoms with E-state index in [-0.39, 0.29) is 35.7 Å². The zero-order chi connectivity index (χ0) is 22.0. The van der Waals surface area contributed by atoms with Crippen molar-refractivity contribution in [3.63, 3.8) is 0 Å². The van der Waals surface area contributed by atoms with Crippen LogP contribution >= 0.6 is 0 Å². The lowest BCUT2D eigenvalue weighted by molar-refractivity contribution is -0.140. The quantitative estimate of drug-likeness (QED) is 0.687. The van der Waals surface area contributed by atoms with Crippen LogP contribution in [-0.2, 0) is 26.2 Å². The molecule has 4 rings (SSSR count). The molecule has 0 bridgehead atoms. The molecule has 0 aromatic heterocycles. The lowest BCUT2D eigenvalue weighted by atomic mass is 10.0. The van der Waals surface area contributed by atoms with E-state index in [4.69, 9.17) is 0 Å². The standard InChI is InChI=1S/C22H24FN3O4S/c23-17-6-8-19(9-7-17)31(29,30)24-18-10-12-25(13-11-18)20-14-21(27)26(22(20)28)15-16-4-2-1-3-5-16/h1-9,18,20,24H,10-15H2/t20-/m0/s1. The minimum Gasteiger partial charge on any atom is -0.291 e. The summed E-state index contributed by atoms with van der Waals surface area (Å²) in [6.07, 6.45) is 1.20. The number of likely N-dealkylation sites (tertiary alicyclic amines) is 2. The molecular weight excluding hydrogens is 421 g/mol. The van der Waals surface area contributed by atoms with Crippen LogP contribution in [0.4, 0.5) is 4.39 Å². The second-order valence-corrected chi connectivity index (χ2v) is 9.62. The van der Waals surface area contributed by atoms with Crippen LogP contribution in [0.1, 0.15) is 24.8 Å². The van der Waals surface area contributed by atoms with Gasteiger partial charge >= 0.3 is 0 Å². The first kappa shape index (κ1) is 21.6. The van der Waals surface area contributed by atoms with E-state index in [0.29, 0.717) is 25.9 Å². The van der Waals surface area contributed by atoms with Gasteiger partial charge in [0.2, 0.25) is 21.8 Å². The van der Waals surface area contributed by atoms with Gasteiger partial charge in [0, 0.05) is 19.1 Å². The maximum Gasteiger partial charge on any atom is 0.247 e. The number of nitrogens with one attached hydrogen (secondary N) is 1. The maximum atomic E-state index is 13.1. The van der Waals surface area contributed by atoms with Gasteiger partial charge in [-0.2, -0.15) is 0 Å². The fourth-order valence-corrected chi connectivity index (χ4v) is 5.42. The molecule has 0 spiro atoms. The molecule has 0 saturated carbocycles. The molecule has 2 heterocycles. The van der Waals surface area contributed by atoms with Crippen LogP contribution in [0.3, 0.4) is 0 Å². The first-order valence-corrected chi connectivity index (χ1v) is 11.7. The molecule has 2 amide bonds. The number of carbonyl (C=O) groups is 2. The van der Waals surface area contributed by atoms with Crippen LogP contribution in [0.5, 0.6) is 0 Å². The van der Waals surface area contributed by atoms with Crippen molar-refractivity contribution in [1.82, 2.24) is 14.5 Å². The van der Waals surface area contributed by atoms with Crippen molar-refractivity contribution >= 4 is 21.8 Å². The Morgan fingerprint density at radius 1 is 0.968 bits per heavy atom. The van der Waals surface area contributed by atoms with E-state index in [0.717, 1.165) is 17.7 Å². The van der Waals surface area contributed by atoms with Crippen LogP contribution in [0.15, 0.2) is 59.5 Å². The topological polar surface area (TPSA) is 86.8 Å². The highest BCUT2D eigenvalue weighted by Crippen LogP contribution is 2.25. The predicted octanol–water partition coefficient (Wildman–Crippen LogP) is 1.90. The summed E-state index contributed by atoms with van der Waals surface area (Å²) in [5, 5.41) is 0. The molecule has 0 radical (unpaired) electrons. The Bertz CT molecular complexity index is 1050. The van der Waals surface area contributed by atoms with Crippen molar-refractivity contribution in [3.05, 3.63) is 66.0 Å². The molecule has 2 aliphatic rings. The Morgan fingerprint density at radius 2 is 1.61 bits per heavy atom. The third kappa shape index (κ3) is 4.84. The van der Waals surface area contributed by atoms with Crippen LogP contribution < -0.4 is 4.72 Å². The molecule has 2 saturated heterocycles. The third-order valence-electron chi connectivity index (χ3n) is 5.82. The first-order valence-electron chi connectivity index (χ1n) is 10.2. The molecule has 31 heavy (non-hydrogen) atoms. The normalized spacial score (nSPS) is 21.1. The van der Waals surface area contributed by atoms with E-state index in [2.05, 4.69) is 4.72 Å². The Kier molecular flexibility index (Phi) is 6.17. The molecule has 2 aromatic carbocycles. The predicted molar refractivity (Wildman–Crippen MR) is 112 cm³/mol. The first-order chi connectivity index (χ1) is 14.8. The molecule has 164 valence electrons. The molecule has 1 N–H and O–H groups in total. The van der Waals surface area contributed by atoms with Crippen molar-refractivity contribution < 1.29 is 22.4 Å². The van der Waals surface area contributed by atoms with Crippen LogP contribution in [-0.4, -0.2) is 55.2 Å². The Labute approximate surface area is 180 Å². The van der Waals surface area contributed by atoms with Gasteiger partial charge in [-0.3, -0.25) is 19.4 Å². The molecular formula is C22H24FN3O4S. The van der Waals surface area contributed by atoms with Crippen LogP contribution in [0, 0.1) is 5.82 Å². The van der Waals surface area contributed by atoms with Crippen molar-refractivity contribution in [2.45, 2.75) is 42.8 Å². The van der Waals surface area contributed by atoms with E-state index < -0.39 is 21.9 Å². The van der Waals surface area contributed by atoms with Gasteiger partial charge in [0.05, 0.1) is 23.9 Å². The van der Waals surface area contributed by atoms with Crippen molar-refractivity contribution in [3.8, 4) is 0 Å². The van der Waals surface area contributed by atoms with Gasteiger partial charge in [0.1, 0.15) is 5.82 Å². The molecule has 0 aliphatic carbocycles. The average molecular weight is 446 g/mol. The zero-order valence-corrected chi connectivity index (χ0v) is 17.7. The smallest absolute Gasteiger partial charge is 0.247 e. The molecule has 2 fully saturated rings. The second-order valence-electron chi connectivity index (χ2n) is 7.91. The van der Waals surface area contributed by atoms with E-state index in [9.17, 15) is 22.4 Å². The minimum atomic E-state index is -3.74. The Hall–Kier alpha value is -2.62. The van der Waals surface area contributed by atoms with Gasteiger partial charge in [0.15, 0.2) is 0 Å². The summed E-state index contributed by atoms with van der Waals surface area (Å²) in [6, 6.07) is 13.3. The van der Waals surface area contributed by atoms with E-state index >= 15 is 0 Å². The van der Waals surface area contributed by atoms with Crippen LogP contribution in [0.2, 0.25) is 0 Å². The maximum absolute atomic E-state index is 13.1.